The maximum Gasteiger partial charge on any atom is 0 e. The van der Waals surface area contributed by atoms with Crippen molar-refractivity contribution in [2.45, 2.75) is 64.7 Å². The van der Waals surface area contributed by atoms with Crippen LogP contribution in [0.25, 0.3) is 0 Å². The molecule has 2 fully saturated rings. The first kappa shape index (κ1) is 9.55. The van der Waals surface area contributed by atoms with Crippen LogP contribution in [0.1, 0.15) is 67.6 Å². The molecule has 0 heterocycles. The van der Waals surface area contributed by atoms with Gasteiger partial charge in [0.2, 0.25) is 0 Å². The maximum absolute atomic E-state index is 2.43. The van der Waals surface area contributed by atoms with Gasteiger partial charge in [0.25, 0.3) is 0 Å². The second kappa shape index (κ2) is 4.48. The lowest BCUT2D eigenvalue weighted by molar-refractivity contribution is 0.173. The van der Waals surface area contributed by atoms with Crippen LogP contribution >= 0.6 is 0 Å². The van der Waals surface area contributed by atoms with E-state index in [0.29, 0.717) is 0 Å². The monoisotopic (exact) mass is 184 g/mol. The number of rotatable bonds is 1. The van der Waals surface area contributed by atoms with Gasteiger partial charge in [0.15, 0.2) is 0 Å². The predicted molar refractivity (Wildman–Crippen MR) is 61.9 cm³/mol. The van der Waals surface area contributed by atoms with E-state index in [1.165, 1.54) is 32.1 Å². The quantitative estimate of drug-likeness (QED) is 0.544. The van der Waals surface area contributed by atoms with Gasteiger partial charge in [-0.1, -0.05) is 51.9 Å². The van der Waals surface area contributed by atoms with Crippen LogP contribution in [-0.4, -0.2) is 0 Å². The van der Waals surface area contributed by atoms with E-state index in [2.05, 4.69) is 6.92 Å². The van der Waals surface area contributed by atoms with E-state index in [-0.39, 0.29) is 2.85 Å². The highest BCUT2D eigenvalue weighted by molar-refractivity contribution is 4.78. The number of hydrogen-bond acceptors (Lipinski definition) is 0. The lowest BCUT2D eigenvalue weighted by atomic mass is 9.71. The minimum absolute atomic E-state index is 0. The molecule has 0 radical (unpaired) electrons. The molecule has 0 spiro atoms. The van der Waals surface area contributed by atoms with E-state index >= 15 is 0 Å². The molecule has 0 atom stereocenters. The molecule has 13 heavy (non-hydrogen) atoms. The zero-order valence-electron chi connectivity index (χ0n) is 9.10. The van der Waals surface area contributed by atoms with Gasteiger partial charge in [0.1, 0.15) is 0 Å². The molecule has 0 aromatic carbocycles. The van der Waals surface area contributed by atoms with Crippen LogP contribution in [0.2, 0.25) is 0 Å². The van der Waals surface area contributed by atoms with E-state index < -0.39 is 0 Å². The summed E-state index contributed by atoms with van der Waals surface area (Å²) in [6, 6.07) is 0. The SMILES string of the molecule is CC1CCC(C2CCCCC2)CC1.[HH].[HH]. The summed E-state index contributed by atoms with van der Waals surface area (Å²) in [4.78, 5) is 0. The molecule has 0 bridgehead atoms. The highest BCUT2D eigenvalue weighted by Gasteiger charge is 2.26. The smallest absolute Gasteiger partial charge is 0 e. The van der Waals surface area contributed by atoms with Crippen molar-refractivity contribution < 1.29 is 2.85 Å². The third-order valence-corrected chi connectivity index (χ3v) is 4.38. The van der Waals surface area contributed by atoms with Gasteiger partial charge >= 0.3 is 0 Å². The minimum Gasteiger partial charge on any atom is -0.0625 e. The van der Waals surface area contributed by atoms with Crippen molar-refractivity contribution in [2.24, 2.45) is 17.8 Å². The maximum atomic E-state index is 2.43. The summed E-state index contributed by atoms with van der Waals surface area (Å²) in [5, 5.41) is 0. The third kappa shape index (κ3) is 2.48. The van der Waals surface area contributed by atoms with Gasteiger partial charge in [-0.3, -0.25) is 0 Å². The van der Waals surface area contributed by atoms with Crippen molar-refractivity contribution in [3.63, 3.8) is 0 Å². The largest absolute Gasteiger partial charge is 0.0625 e. The second-order valence-corrected chi connectivity index (χ2v) is 5.42. The Morgan fingerprint density at radius 1 is 0.692 bits per heavy atom. The lowest BCUT2D eigenvalue weighted by Gasteiger charge is -2.34. The summed E-state index contributed by atoms with van der Waals surface area (Å²) in [5.41, 5.74) is 0. The highest BCUT2D eigenvalue weighted by atomic mass is 14.3. The summed E-state index contributed by atoms with van der Waals surface area (Å²) in [6.45, 7) is 2.43. The van der Waals surface area contributed by atoms with Gasteiger partial charge < -0.3 is 0 Å². The summed E-state index contributed by atoms with van der Waals surface area (Å²) >= 11 is 0. The highest BCUT2D eigenvalue weighted by Crippen LogP contribution is 2.39. The van der Waals surface area contributed by atoms with Crippen LogP contribution in [-0.2, 0) is 0 Å². The van der Waals surface area contributed by atoms with Gasteiger partial charge in [0, 0.05) is 2.85 Å². The van der Waals surface area contributed by atoms with Crippen LogP contribution < -0.4 is 0 Å². The molecule has 80 valence electrons. The molecule has 0 aromatic rings. The standard InChI is InChI=1S/C13H24.2H2/c1-11-7-9-13(10-8-11)12-5-3-2-4-6-12;;/h11-13H,2-10H2,1H3;2*1H. The van der Waals surface area contributed by atoms with Crippen molar-refractivity contribution in [3.8, 4) is 0 Å². The average molecular weight is 184 g/mol. The first-order chi connectivity index (χ1) is 6.36. The first-order valence-electron chi connectivity index (χ1n) is 6.36. The van der Waals surface area contributed by atoms with Gasteiger partial charge in [-0.15, -0.1) is 0 Å². The fraction of sp³-hybridized carbons (Fsp3) is 1.00. The normalized spacial score (nSPS) is 37.6. The molecule has 0 heteroatoms. The molecule has 2 aliphatic rings. The summed E-state index contributed by atoms with van der Waals surface area (Å²) in [5.74, 6) is 3.28. The van der Waals surface area contributed by atoms with Gasteiger partial charge in [-0.25, -0.2) is 0 Å². The minimum atomic E-state index is 0. The van der Waals surface area contributed by atoms with Crippen LogP contribution in [0.4, 0.5) is 0 Å². The Bertz CT molecular complexity index is 145. The topological polar surface area (TPSA) is 0 Å². The molecule has 2 rings (SSSR count). The molecule has 0 amide bonds. The summed E-state index contributed by atoms with van der Waals surface area (Å²) < 4.78 is 0. The van der Waals surface area contributed by atoms with Crippen LogP contribution in [0.3, 0.4) is 0 Å². The Balaban J connectivity index is 0.000000980. The Morgan fingerprint density at radius 2 is 1.23 bits per heavy atom. The van der Waals surface area contributed by atoms with Gasteiger partial charge in [-0.05, 0) is 30.6 Å². The molecule has 0 unspecified atom stereocenters. The van der Waals surface area contributed by atoms with Gasteiger partial charge in [-0.2, -0.15) is 0 Å². The molecule has 0 nitrogen and oxygen atoms in total. The molecular weight excluding hydrogens is 156 g/mol. The lowest BCUT2D eigenvalue weighted by Crippen LogP contribution is -2.22. The zero-order valence-corrected chi connectivity index (χ0v) is 9.10. The van der Waals surface area contributed by atoms with Gasteiger partial charge in [0.05, 0.1) is 0 Å². The van der Waals surface area contributed by atoms with Crippen LogP contribution in [0.15, 0.2) is 0 Å². The van der Waals surface area contributed by atoms with Crippen molar-refractivity contribution in [2.75, 3.05) is 0 Å². The molecule has 0 saturated heterocycles. The molecule has 0 aromatic heterocycles. The average Bonchev–Trinajstić information content (AvgIpc) is 2.20. The zero-order chi connectivity index (χ0) is 9.10. The van der Waals surface area contributed by atoms with Crippen molar-refractivity contribution >= 4 is 0 Å². The molecule has 0 aliphatic heterocycles. The van der Waals surface area contributed by atoms with Crippen LogP contribution in [0.5, 0.6) is 0 Å². The third-order valence-electron chi connectivity index (χ3n) is 4.38. The fourth-order valence-electron chi connectivity index (χ4n) is 3.36. The van der Waals surface area contributed by atoms with Crippen molar-refractivity contribution in [3.05, 3.63) is 0 Å². The van der Waals surface area contributed by atoms with Crippen LogP contribution in [0, 0.1) is 17.8 Å². The fourth-order valence-corrected chi connectivity index (χ4v) is 3.36. The van der Waals surface area contributed by atoms with E-state index in [0.717, 1.165) is 17.8 Å². The summed E-state index contributed by atoms with van der Waals surface area (Å²) in [6.07, 6.45) is 13.8. The Labute approximate surface area is 86.1 Å². The second-order valence-electron chi connectivity index (χ2n) is 5.42. The van der Waals surface area contributed by atoms with E-state index in [1.54, 1.807) is 25.7 Å². The Morgan fingerprint density at radius 3 is 1.85 bits per heavy atom. The molecule has 2 saturated carbocycles. The first-order valence-corrected chi connectivity index (χ1v) is 6.36. The van der Waals surface area contributed by atoms with Crippen molar-refractivity contribution in [1.82, 2.24) is 0 Å². The Kier molecular flexibility index (Phi) is 3.29. The van der Waals surface area contributed by atoms with E-state index in [1.807, 2.05) is 0 Å². The Hall–Kier alpha value is 0. The van der Waals surface area contributed by atoms with E-state index in [4.69, 9.17) is 0 Å². The molecular formula is C13H28. The predicted octanol–water partition coefficient (Wildman–Crippen LogP) is 4.89. The molecule has 2 aliphatic carbocycles. The summed E-state index contributed by atoms with van der Waals surface area (Å²) in [7, 11) is 0. The molecule has 0 N–H and O–H groups in total. The van der Waals surface area contributed by atoms with Crippen molar-refractivity contribution in [1.29, 1.82) is 0 Å². The number of hydrogen-bond donors (Lipinski definition) is 0. The van der Waals surface area contributed by atoms with E-state index in [9.17, 15) is 0 Å².